The zero-order chi connectivity index (χ0) is 11.1. The van der Waals surface area contributed by atoms with Crippen LogP contribution in [0.5, 0.6) is 0 Å². The molecule has 2 aromatic heterocycles. The largest absolute Gasteiger partial charge is 0.345 e. The number of halogens is 1. The number of Topliss-reactive ketones (excluding diaryl/α,β-unsaturated/α-hetero) is 1. The van der Waals surface area contributed by atoms with E-state index in [9.17, 15) is 4.79 Å². The Hall–Kier alpha value is -1.16. The second kappa shape index (κ2) is 3.70. The number of rotatable bonds is 2. The van der Waals surface area contributed by atoms with E-state index < -0.39 is 0 Å². The number of aromatic nitrogens is 2. The van der Waals surface area contributed by atoms with Crippen molar-refractivity contribution in [2.24, 2.45) is 5.92 Å². The van der Waals surface area contributed by atoms with Crippen molar-refractivity contribution in [2.75, 3.05) is 0 Å². The second-order valence-corrected chi connectivity index (χ2v) is 5.16. The number of carbonyl (C=O) groups is 1. The van der Waals surface area contributed by atoms with Crippen LogP contribution in [0.3, 0.4) is 0 Å². The third-order valence-electron chi connectivity index (χ3n) is 3.24. The van der Waals surface area contributed by atoms with E-state index in [1.807, 2.05) is 6.07 Å². The van der Waals surface area contributed by atoms with Gasteiger partial charge >= 0.3 is 0 Å². The number of hydrogen-bond donors (Lipinski definition) is 1. The van der Waals surface area contributed by atoms with Gasteiger partial charge in [-0.25, -0.2) is 4.98 Å². The molecule has 1 N–H and O–H groups in total. The quantitative estimate of drug-likeness (QED) is 0.857. The summed E-state index contributed by atoms with van der Waals surface area (Å²) in [6.07, 6.45) is 6.77. The van der Waals surface area contributed by atoms with Gasteiger partial charge in [-0.05, 0) is 34.8 Å². The Bertz CT molecular complexity index is 557. The maximum atomic E-state index is 12.2. The van der Waals surface area contributed by atoms with E-state index in [4.69, 9.17) is 0 Å². The van der Waals surface area contributed by atoms with Crippen molar-refractivity contribution in [3.8, 4) is 0 Å². The molecule has 0 atom stereocenters. The lowest BCUT2D eigenvalue weighted by atomic mass is 9.80. The predicted molar refractivity (Wildman–Crippen MR) is 65.5 cm³/mol. The number of ketones is 1. The lowest BCUT2D eigenvalue weighted by Gasteiger charge is -2.23. The molecule has 2 heterocycles. The Balaban J connectivity index is 2.08. The molecule has 1 fully saturated rings. The molecule has 1 aliphatic rings. The highest BCUT2D eigenvalue weighted by Gasteiger charge is 2.27. The SMILES string of the molecule is O=C(c1c[nH]c2ncc(Br)cc12)C1CCC1. The highest BCUT2D eigenvalue weighted by atomic mass is 79.9. The molecular weight excluding hydrogens is 268 g/mol. The third kappa shape index (κ3) is 1.48. The van der Waals surface area contributed by atoms with Crippen LogP contribution in [0.4, 0.5) is 0 Å². The number of pyridine rings is 1. The van der Waals surface area contributed by atoms with Gasteiger partial charge in [-0.1, -0.05) is 6.42 Å². The van der Waals surface area contributed by atoms with Gasteiger partial charge in [0.15, 0.2) is 5.78 Å². The highest BCUT2D eigenvalue weighted by Crippen LogP contribution is 2.32. The van der Waals surface area contributed by atoms with Gasteiger partial charge in [-0.3, -0.25) is 4.79 Å². The van der Waals surface area contributed by atoms with Gasteiger partial charge in [0.1, 0.15) is 5.65 Å². The molecule has 1 aliphatic carbocycles. The second-order valence-electron chi connectivity index (χ2n) is 4.24. The zero-order valence-corrected chi connectivity index (χ0v) is 10.3. The molecule has 0 spiro atoms. The van der Waals surface area contributed by atoms with E-state index in [1.165, 1.54) is 6.42 Å². The summed E-state index contributed by atoms with van der Waals surface area (Å²) in [4.78, 5) is 19.4. The van der Waals surface area contributed by atoms with Gasteiger partial charge in [0, 0.05) is 33.7 Å². The summed E-state index contributed by atoms with van der Waals surface area (Å²) < 4.78 is 0.905. The van der Waals surface area contributed by atoms with E-state index in [0.29, 0.717) is 0 Å². The Labute approximate surface area is 101 Å². The van der Waals surface area contributed by atoms with Crippen LogP contribution in [0.25, 0.3) is 11.0 Å². The Morgan fingerprint density at radius 3 is 3.00 bits per heavy atom. The number of H-pyrrole nitrogens is 1. The molecule has 2 aromatic rings. The molecule has 3 rings (SSSR count). The van der Waals surface area contributed by atoms with Crippen molar-refractivity contribution in [3.05, 3.63) is 28.5 Å². The average Bonchev–Trinajstić information content (AvgIpc) is 2.57. The minimum atomic E-state index is 0.234. The first kappa shape index (κ1) is 10.0. The third-order valence-corrected chi connectivity index (χ3v) is 3.67. The molecule has 16 heavy (non-hydrogen) atoms. The van der Waals surface area contributed by atoms with Crippen LogP contribution in [-0.4, -0.2) is 15.8 Å². The first-order chi connectivity index (χ1) is 7.75. The van der Waals surface area contributed by atoms with Crippen LogP contribution in [0, 0.1) is 5.92 Å². The van der Waals surface area contributed by atoms with Crippen molar-refractivity contribution < 1.29 is 4.79 Å². The fraction of sp³-hybridized carbons (Fsp3) is 0.333. The van der Waals surface area contributed by atoms with Gasteiger partial charge in [0.2, 0.25) is 0 Å². The number of fused-ring (bicyclic) bond motifs is 1. The lowest BCUT2D eigenvalue weighted by Crippen LogP contribution is -2.21. The number of aromatic amines is 1. The Kier molecular flexibility index (Phi) is 2.32. The fourth-order valence-electron chi connectivity index (χ4n) is 2.07. The van der Waals surface area contributed by atoms with Crippen LogP contribution in [0.15, 0.2) is 22.9 Å². The van der Waals surface area contributed by atoms with Gasteiger partial charge < -0.3 is 4.98 Å². The van der Waals surface area contributed by atoms with E-state index >= 15 is 0 Å². The van der Waals surface area contributed by atoms with E-state index in [-0.39, 0.29) is 11.7 Å². The first-order valence-corrected chi connectivity index (χ1v) is 6.22. The number of nitrogens with zero attached hydrogens (tertiary/aromatic N) is 1. The molecule has 0 radical (unpaired) electrons. The van der Waals surface area contributed by atoms with E-state index in [1.54, 1.807) is 12.4 Å². The fourth-order valence-corrected chi connectivity index (χ4v) is 2.40. The Morgan fingerprint density at radius 1 is 1.50 bits per heavy atom. The van der Waals surface area contributed by atoms with Crippen LogP contribution in [0.2, 0.25) is 0 Å². The zero-order valence-electron chi connectivity index (χ0n) is 8.66. The summed E-state index contributed by atoms with van der Waals surface area (Å²) in [5, 5.41) is 0.922. The molecular formula is C12H11BrN2O. The van der Waals surface area contributed by atoms with Gasteiger partial charge in [0.25, 0.3) is 0 Å². The summed E-state index contributed by atoms with van der Waals surface area (Å²) in [6.45, 7) is 0. The monoisotopic (exact) mass is 278 g/mol. The molecule has 82 valence electrons. The van der Waals surface area contributed by atoms with Crippen LogP contribution < -0.4 is 0 Å². The van der Waals surface area contributed by atoms with Crippen LogP contribution >= 0.6 is 15.9 Å². The number of carbonyl (C=O) groups excluding carboxylic acids is 1. The summed E-state index contributed by atoms with van der Waals surface area (Å²) >= 11 is 3.38. The average molecular weight is 279 g/mol. The van der Waals surface area contributed by atoms with Crippen LogP contribution in [0.1, 0.15) is 29.6 Å². The van der Waals surface area contributed by atoms with Crippen molar-refractivity contribution in [3.63, 3.8) is 0 Å². The van der Waals surface area contributed by atoms with Crippen LogP contribution in [-0.2, 0) is 0 Å². The molecule has 0 amide bonds. The maximum Gasteiger partial charge on any atom is 0.168 e. The molecule has 3 nitrogen and oxygen atoms in total. The summed E-state index contributed by atoms with van der Waals surface area (Å²) in [7, 11) is 0. The van der Waals surface area contributed by atoms with E-state index in [0.717, 1.165) is 33.9 Å². The summed E-state index contributed by atoms with van der Waals surface area (Å²) in [6, 6.07) is 1.95. The minimum absolute atomic E-state index is 0.234. The number of hydrogen-bond acceptors (Lipinski definition) is 2. The molecule has 1 saturated carbocycles. The van der Waals surface area contributed by atoms with Crippen molar-refractivity contribution in [2.45, 2.75) is 19.3 Å². The molecule has 0 aliphatic heterocycles. The number of nitrogens with one attached hydrogen (secondary N) is 1. The Morgan fingerprint density at radius 2 is 2.31 bits per heavy atom. The molecule has 0 bridgehead atoms. The highest BCUT2D eigenvalue weighted by molar-refractivity contribution is 9.10. The topological polar surface area (TPSA) is 45.8 Å². The van der Waals surface area contributed by atoms with Crippen molar-refractivity contribution in [1.82, 2.24) is 9.97 Å². The molecule has 0 saturated heterocycles. The van der Waals surface area contributed by atoms with Gasteiger partial charge in [0.05, 0.1) is 0 Å². The van der Waals surface area contributed by atoms with Gasteiger partial charge in [-0.15, -0.1) is 0 Å². The standard InChI is InChI=1S/C12H11BrN2O/c13-8-4-9-10(6-15-12(9)14-5-8)11(16)7-2-1-3-7/h4-7H,1-3H2,(H,14,15). The maximum absolute atomic E-state index is 12.2. The minimum Gasteiger partial charge on any atom is -0.345 e. The van der Waals surface area contributed by atoms with E-state index in [2.05, 4.69) is 25.9 Å². The van der Waals surface area contributed by atoms with Gasteiger partial charge in [-0.2, -0.15) is 0 Å². The smallest absolute Gasteiger partial charge is 0.168 e. The lowest BCUT2D eigenvalue weighted by molar-refractivity contribution is 0.0857. The molecule has 0 aromatic carbocycles. The molecule has 0 unspecified atom stereocenters. The molecule has 4 heteroatoms. The van der Waals surface area contributed by atoms with Crippen molar-refractivity contribution >= 4 is 32.7 Å². The summed E-state index contributed by atoms with van der Waals surface area (Å²) in [5.41, 5.74) is 1.57. The summed E-state index contributed by atoms with van der Waals surface area (Å²) in [5.74, 6) is 0.496. The normalized spacial score (nSPS) is 16.3. The van der Waals surface area contributed by atoms with Crippen molar-refractivity contribution in [1.29, 1.82) is 0 Å². The first-order valence-electron chi connectivity index (χ1n) is 5.42. The predicted octanol–water partition coefficient (Wildman–Crippen LogP) is 3.31.